The van der Waals surface area contributed by atoms with Crippen LogP contribution in [0.4, 0.5) is 5.69 Å². The monoisotopic (exact) mass is 429 g/mol. The first-order chi connectivity index (χ1) is 14.8. The highest BCUT2D eigenvalue weighted by molar-refractivity contribution is 5.55. The van der Waals surface area contributed by atoms with E-state index >= 15 is 0 Å². The minimum absolute atomic E-state index is 0.457. The Balaban J connectivity index is 1.71. The Kier molecular flexibility index (Phi) is 6.23. The average Bonchev–Trinajstić information content (AvgIpc) is 3.25. The summed E-state index contributed by atoms with van der Waals surface area (Å²) in [4.78, 5) is 2.05. The second-order valence-electron chi connectivity index (χ2n) is 8.64. The van der Waals surface area contributed by atoms with Gasteiger partial charge in [-0.15, -0.1) is 0 Å². The zero-order valence-electron chi connectivity index (χ0n) is 18.2. The molecular formula is C24H31NO6. The molecule has 0 saturated carbocycles. The minimum atomic E-state index is -1.42. The van der Waals surface area contributed by atoms with E-state index in [0.29, 0.717) is 24.3 Å². The fraction of sp³-hybridized carbons (Fsp3) is 0.500. The van der Waals surface area contributed by atoms with E-state index in [4.69, 9.17) is 9.47 Å². The van der Waals surface area contributed by atoms with Gasteiger partial charge in [-0.05, 0) is 48.2 Å². The minimum Gasteiger partial charge on any atom is -0.493 e. The molecule has 7 nitrogen and oxygen atoms in total. The molecule has 0 aliphatic carbocycles. The third-order valence-corrected chi connectivity index (χ3v) is 6.44. The van der Waals surface area contributed by atoms with Gasteiger partial charge in [-0.2, -0.15) is 0 Å². The van der Waals surface area contributed by atoms with Crippen LogP contribution in [0.25, 0.3) is 0 Å². The number of rotatable bonds is 5. The van der Waals surface area contributed by atoms with Crippen molar-refractivity contribution in [1.82, 2.24) is 0 Å². The highest BCUT2D eigenvalue weighted by Crippen LogP contribution is 2.43. The van der Waals surface area contributed by atoms with Crippen LogP contribution in [-0.4, -0.2) is 72.2 Å². The van der Waals surface area contributed by atoms with Gasteiger partial charge in [0, 0.05) is 37.3 Å². The van der Waals surface area contributed by atoms with Gasteiger partial charge in [0.2, 0.25) is 0 Å². The van der Waals surface area contributed by atoms with Gasteiger partial charge in [0.25, 0.3) is 0 Å². The molecule has 2 heterocycles. The Morgan fingerprint density at radius 3 is 2.39 bits per heavy atom. The van der Waals surface area contributed by atoms with Gasteiger partial charge < -0.3 is 34.8 Å². The molecule has 4 rings (SSSR count). The van der Waals surface area contributed by atoms with E-state index < -0.39 is 37.1 Å². The first kappa shape index (κ1) is 22.0. The molecule has 168 valence electrons. The van der Waals surface area contributed by atoms with Crippen LogP contribution in [0.5, 0.6) is 5.75 Å². The number of aliphatic hydroxyl groups is 4. The van der Waals surface area contributed by atoms with Crippen molar-refractivity contribution < 1.29 is 29.9 Å². The number of hydrogen-bond acceptors (Lipinski definition) is 7. The van der Waals surface area contributed by atoms with Gasteiger partial charge in [0.05, 0.1) is 13.2 Å². The molecule has 2 aliphatic heterocycles. The molecule has 5 atom stereocenters. The lowest BCUT2D eigenvalue weighted by molar-refractivity contribution is -0.232. The van der Waals surface area contributed by atoms with E-state index in [0.717, 1.165) is 34.4 Å². The molecule has 31 heavy (non-hydrogen) atoms. The molecule has 0 amide bonds. The summed E-state index contributed by atoms with van der Waals surface area (Å²) in [6.07, 6.45) is -4.53. The van der Waals surface area contributed by atoms with Crippen molar-refractivity contribution in [3.05, 3.63) is 58.1 Å². The summed E-state index contributed by atoms with van der Waals surface area (Å²) >= 11 is 0. The maximum Gasteiger partial charge on any atom is 0.128 e. The van der Waals surface area contributed by atoms with Crippen LogP contribution in [0.1, 0.15) is 33.9 Å². The lowest BCUT2D eigenvalue weighted by Crippen LogP contribution is -2.55. The summed E-state index contributed by atoms with van der Waals surface area (Å²) in [5, 5.41) is 40.6. The maximum absolute atomic E-state index is 10.7. The zero-order chi connectivity index (χ0) is 22.3. The number of aliphatic hydroxyl groups excluding tert-OH is 4. The number of ether oxygens (including phenoxy) is 2. The molecule has 0 unspecified atom stereocenters. The second-order valence-corrected chi connectivity index (χ2v) is 8.64. The Labute approximate surface area is 182 Å². The zero-order valence-corrected chi connectivity index (χ0v) is 18.2. The Bertz CT molecular complexity index is 927. The molecule has 0 radical (unpaired) electrons. The van der Waals surface area contributed by atoms with Crippen LogP contribution >= 0.6 is 0 Å². The van der Waals surface area contributed by atoms with Crippen molar-refractivity contribution in [2.75, 3.05) is 32.2 Å². The summed E-state index contributed by atoms with van der Waals surface area (Å²) in [5.41, 5.74) is 6.26. The molecule has 0 aromatic heterocycles. The SMILES string of the molecule is Cc1c(Cc2ccc(N(C)C)cc2)cc([C@@H]2O[C@H](CO)[C@@H](O)[C@H](O)[C@H]2O)c2c1CCO2. The van der Waals surface area contributed by atoms with Crippen LogP contribution in [0.3, 0.4) is 0 Å². The Hall–Kier alpha value is -2.16. The van der Waals surface area contributed by atoms with Crippen molar-refractivity contribution >= 4 is 5.69 Å². The predicted molar refractivity (Wildman–Crippen MR) is 117 cm³/mol. The summed E-state index contributed by atoms with van der Waals surface area (Å²) in [6.45, 7) is 2.16. The molecule has 2 aromatic carbocycles. The van der Waals surface area contributed by atoms with Gasteiger partial charge in [-0.3, -0.25) is 0 Å². The molecule has 0 spiro atoms. The van der Waals surface area contributed by atoms with Crippen LogP contribution in [0.2, 0.25) is 0 Å². The summed E-state index contributed by atoms with van der Waals surface area (Å²) in [6, 6.07) is 10.3. The fourth-order valence-electron chi connectivity index (χ4n) is 4.51. The van der Waals surface area contributed by atoms with Gasteiger partial charge in [-0.25, -0.2) is 0 Å². The van der Waals surface area contributed by atoms with Crippen molar-refractivity contribution in [3.63, 3.8) is 0 Å². The van der Waals surface area contributed by atoms with E-state index in [1.165, 1.54) is 0 Å². The maximum atomic E-state index is 10.7. The van der Waals surface area contributed by atoms with E-state index in [-0.39, 0.29) is 0 Å². The standard InChI is InChI=1S/C24H31NO6/c1-13-15(10-14-4-6-16(7-5-14)25(2)3)11-18(23-17(13)8-9-30-23)24-22(29)21(28)20(27)19(12-26)31-24/h4-7,11,19-22,24,26-29H,8-10,12H2,1-3H3/t19-,20-,21+,22-,24+/m1/s1. The van der Waals surface area contributed by atoms with Crippen LogP contribution in [0.15, 0.2) is 30.3 Å². The fourth-order valence-corrected chi connectivity index (χ4v) is 4.51. The van der Waals surface area contributed by atoms with Crippen molar-refractivity contribution in [2.45, 2.75) is 50.3 Å². The number of hydrogen-bond donors (Lipinski definition) is 4. The smallest absolute Gasteiger partial charge is 0.128 e. The van der Waals surface area contributed by atoms with Crippen molar-refractivity contribution in [3.8, 4) is 5.75 Å². The normalized spacial score (nSPS) is 27.6. The largest absolute Gasteiger partial charge is 0.493 e. The third kappa shape index (κ3) is 4.04. The van der Waals surface area contributed by atoms with Gasteiger partial charge in [-0.1, -0.05) is 12.1 Å². The molecule has 2 aromatic rings. The lowest BCUT2D eigenvalue weighted by atomic mass is 9.86. The molecule has 4 N–H and O–H groups in total. The highest BCUT2D eigenvalue weighted by atomic mass is 16.5. The van der Waals surface area contributed by atoms with E-state index in [1.807, 2.05) is 20.2 Å². The number of fused-ring (bicyclic) bond motifs is 1. The molecule has 7 heteroatoms. The summed E-state index contributed by atoms with van der Waals surface area (Å²) < 4.78 is 11.7. The molecule has 0 bridgehead atoms. The topological polar surface area (TPSA) is 103 Å². The lowest BCUT2D eigenvalue weighted by Gasteiger charge is -2.40. The van der Waals surface area contributed by atoms with Gasteiger partial charge >= 0.3 is 0 Å². The third-order valence-electron chi connectivity index (χ3n) is 6.44. The number of benzene rings is 2. The van der Waals surface area contributed by atoms with Crippen molar-refractivity contribution in [1.29, 1.82) is 0 Å². The number of nitrogens with zero attached hydrogens (tertiary/aromatic N) is 1. The first-order valence-corrected chi connectivity index (χ1v) is 10.7. The molecular weight excluding hydrogens is 398 g/mol. The predicted octanol–water partition coefficient (Wildman–Crippen LogP) is 1.10. The van der Waals surface area contributed by atoms with Crippen molar-refractivity contribution in [2.24, 2.45) is 0 Å². The van der Waals surface area contributed by atoms with E-state index in [2.05, 4.69) is 36.1 Å². The molecule has 1 saturated heterocycles. The van der Waals surface area contributed by atoms with E-state index in [1.54, 1.807) is 0 Å². The van der Waals surface area contributed by atoms with E-state index in [9.17, 15) is 20.4 Å². The highest BCUT2D eigenvalue weighted by Gasteiger charge is 2.45. The molecule has 2 aliphatic rings. The molecule has 1 fully saturated rings. The summed E-state index contributed by atoms with van der Waals surface area (Å²) in [5.74, 6) is 0.675. The van der Waals surface area contributed by atoms with Gasteiger partial charge in [0.15, 0.2) is 0 Å². The second kappa shape index (κ2) is 8.76. The van der Waals surface area contributed by atoms with Crippen LogP contribution < -0.4 is 9.64 Å². The average molecular weight is 430 g/mol. The Morgan fingerprint density at radius 2 is 1.74 bits per heavy atom. The Morgan fingerprint density at radius 1 is 1.03 bits per heavy atom. The quantitative estimate of drug-likeness (QED) is 0.565. The first-order valence-electron chi connectivity index (χ1n) is 10.7. The summed E-state index contributed by atoms with van der Waals surface area (Å²) in [7, 11) is 4.01. The van der Waals surface area contributed by atoms with Crippen LogP contribution in [0, 0.1) is 6.92 Å². The number of anilines is 1. The van der Waals surface area contributed by atoms with Gasteiger partial charge in [0.1, 0.15) is 36.3 Å². The van der Waals surface area contributed by atoms with Crippen LogP contribution in [-0.2, 0) is 17.6 Å².